The molecule has 128 valence electrons. The molecule has 0 aromatic heterocycles. The molecule has 5 nitrogen and oxygen atoms in total. The van der Waals surface area contributed by atoms with Crippen molar-refractivity contribution in [3.63, 3.8) is 0 Å². The summed E-state index contributed by atoms with van der Waals surface area (Å²) in [6.07, 6.45) is 1.71. The molecular weight excluding hydrogens is 312 g/mol. The first-order valence-electron chi connectivity index (χ1n) is 8.00. The van der Waals surface area contributed by atoms with Gasteiger partial charge in [-0.15, -0.1) is 0 Å². The summed E-state index contributed by atoms with van der Waals surface area (Å²) in [5, 5.41) is 0. The van der Waals surface area contributed by atoms with Gasteiger partial charge < -0.3 is 5.73 Å². The molecular formula is C17H26N2O3S. The van der Waals surface area contributed by atoms with Crippen molar-refractivity contribution in [3.8, 4) is 0 Å². The molecule has 1 heterocycles. The maximum atomic E-state index is 13.1. The summed E-state index contributed by atoms with van der Waals surface area (Å²) in [5.41, 5.74) is 8.88. The van der Waals surface area contributed by atoms with Crippen LogP contribution in [0, 0.1) is 33.6 Å². The lowest BCUT2D eigenvalue weighted by Gasteiger charge is -2.32. The molecule has 0 saturated carbocycles. The van der Waals surface area contributed by atoms with E-state index in [1.807, 2.05) is 33.8 Å². The van der Waals surface area contributed by atoms with Crippen LogP contribution in [-0.2, 0) is 14.8 Å². The van der Waals surface area contributed by atoms with Crippen LogP contribution in [0.25, 0.3) is 0 Å². The zero-order valence-corrected chi connectivity index (χ0v) is 15.2. The number of carbonyl (C=O) groups excluding carboxylic acids is 1. The van der Waals surface area contributed by atoms with E-state index in [9.17, 15) is 13.2 Å². The fraction of sp³-hybridized carbons (Fsp3) is 0.588. The Labute approximate surface area is 138 Å². The number of aryl methyl sites for hydroxylation is 2. The largest absolute Gasteiger partial charge is 0.370 e. The number of piperidine rings is 1. The number of hydrogen-bond acceptors (Lipinski definition) is 3. The van der Waals surface area contributed by atoms with E-state index in [0.29, 0.717) is 37.2 Å². The Morgan fingerprint density at radius 2 is 1.61 bits per heavy atom. The van der Waals surface area contributed by atoms with E-state index in [1.165, 1.54) is 0 Å². The Bertz CT molecular complexity index is 692. The lowest BCUT2D eigenvalue weighted by atomic mass is 9.94. The van der Waals surface area contributed by atoms with Gasteiger partial charge in [0, 0.05) is 19.5 Å². The van der Waals surface area contributed by atoms with Crippen LogP contribution in [0.3, 0.4) is 0 Å². The third-order valence-electron chi connectivity index (χ3n) is 4.96. The smallest absolute Gasteiger partial charge is 0.243 e. The highest BCUT2D eigenvalue weighted by Crippen LogP contribution is 2.31. The zero-order chi connectivity index (χ0) is 17.4. The number of amides is 1. The Morgan fingerprint density at radius 3 is 2.04 bits per heavy atom. The molecule has 1 aromatic carbocycles. The minimum atomic E-state index is -3.50. The zero-order valence-electron chi connectivity index (χ0n) is 14.3. The minimum absolute atomic E-state index is 0.195. The van der Waals surface area contributed by atoms with Crippen LogP contribution in [0.2, 0.25) is 0 Å². The summed E-state index contributed by atoms with van der Waals surface area (Å²) in [6.45, 7) is 8.53. The third kappa shape index (κ3) is 3.58. The van der Waals surface area contributed by atoms with E-state index < -0.39 is 10.0 Å². The van der Waals surface area contributed by atoms with Crippen LogP contribution in [0.4, 0.5) is 0 Å². The van der Waals surface area contributed by atoms with Gasteiger partial charge in [0.15, 0.2) is 0 Å². The Morgan fingerprint density at radius 1 is 1.13 bits per heavy atom. The van der Waals surface area contributed by atoms with E-state index in [-0.39, 0.29) is 11.8 Å². The predicted molar refractivity (Wildman–Crippen MR) is 90.7 cm³/mol. The van der Waals surface area contributed by atoms with Gasteiger partial charge in [-0.1, -0.05) is 6.07 Å². The first kappa shape index (κ1) is 17.9. The van der Waals surface area contributed by atoms with Crippen LogP contribution in [-0.4, -0.2) is 31.7 Å². The number of nitrogens with two attached hydrogens (primary N) is 1. The quantitative estimate of drug-likeness (QED) is 0.914. The summed E-state index contributed by atoms with van der Waals surface area (Å²) in [4.78, 5) is 11.5. The number of benzene rings is 1. The summed E-state index contributed by atoms with van der Waals surface area (Å²) < 4.78 is 27.7. The Balaban J connectivity index is 2.29. The number of nitrogens with zero attached hydrogens (tertiary/aromatic N) is 1. The molecule has 0 bridgehead atoms. The first-order chi connectivity index (χ1) is 10.6. The second-order valence-corrected chi connectivity index (χ2v) is 8.48. The van der Waals surface area contributed by atoms with E-state index in [2.05, 4.69) is 0 Å². The lowest BCUT2D eigenvalue weighted by molar-refractivity contribution is -0.119. The van der Waals surface area contributed by atoms with Crippen molar-refractivity contribution in [1.82, 2.24) is 4.31 Å². The maximum absolute atomic E-state index is 13.1. The van der Waals surface area contributed by atoms with Gasteiger partial charge in [-0.05, 0) is 68.7 Å². The number of sulfonamides is 1. The first-order valence-corrected chi connectivity index (χ1v) is 9.44. The fourth-order valence-electron chi connectivity index (χ4n) is 3.33. The molecule has 0 spiro atoms. The van der Waals surface area contributed by atoms with E-state index in [1.54, 1.807) is 4.31 Å². The van der Waals surface area contributed by atoms with Crippen molar-refractivity contribution < 1.29 is 13.2 Å². The van der Waals surface area contributed by atoms with Crippen LogP contribution in [0.15, 0.2) is 11.0 Å². The number of rotatable bonds is 4. The van der Waals surface area contributed by atoms with Gasteiger partial charge in [-0.25, -0.2) is 8.42 Å². The number of carbonyl (C=O) groups is 1. The molecule has 1 amide bonds. The van der Waals surface area contributed by atoms with Crippen molar-refractivity contribution in [2.24, 2.45) is 11.7 Å². The van der Waals surface area contributed by atoms with Crippen LogP contribution < -0.4 is 5.73 Å². The summed E-state index contributed by atoms with van der Waals surface area (Å²) in [5.74, 6) is -0.118. The molecule has 0 unspecified atom stereocenters. The van der Waals surface area contributed by atoms with Gasteiger partial charge in [0.2, 0.25) is 15.9 Å². The normalized spacial score (nSPS) is 17.4. The van der Waals surface area contributed by atoms with E-state index in [0.717, 1.165) is 22.3 Å². The summed E-state index contributed by atoms with van der Waals surface area (Å²) in [6, 6.07) is 2.03. The average Bonchev–Trinajstić information content (AvgIpc) is 2.45. The van der Waals surface area contributed by atoms with Gasteiger partial charge in [-0.2, -0.15) is 4.31 Å². The molecule has 2 N–H and O–H groups in total. The molecule has 0 radical (unpaired) electrons. The standard InChI is InChI=1S/C17H26N2O3S/c1-11-9-12(2)14(4)17(13(11)3)23(21,22)19-7-5-15(6-8-19)10-16(18)20/h9,15H,5-8,10H2,1-4H3,(H2,18,20). The number of hydrogen-bond donors (Lipinski definition) is 1. The average molecular weight is 338 g/mol. The second-order valence-electron chi connectivity index (χ2n) is 6.61. The molecule has 1 aliphatic rings. The highest BCUT2D eigenvalue weighted by Gasteiger charge is 2.32. The van der Waals surface area contributed by atoms with Gasteiger partial charge in [0.05, 0.1) is 4.90 Å². The van der Waals surface area contributed by atoms with Crippen LogP contribution in [0.5, 0.6) is 0 Å². The number of primary amides is 1. The van der Waals surface area contributed by atoms with Gasteiger partial charge in [0.25, 0.3) is 0 Å². The molecule has 6 heteroatoms. The SMILES string of the molecule is Cc1cc(C)c(C)c(S(=O)(=O)N2CCC(CC(N)=O)CC2)c1C. The Kier molecular flexibility index (Phi) is 5.16. The maximum Gasteiger partial charge on any atom is 0.243 e. The summed E-state index contributed by atoms with van der Waals surface area (Å²) >= 11 is 0. The Hall–Kier alpha value is -1.40. The van der Waals surface area contributed by atoms with Gasteiger partial charge in [-0.3, -0.25) is 4.79 Å². The van der Waals surface area contributed by atoms with Gasteiger partial charge >= 0.3 is 0 Å². The molecule has 1 saturated heterocycles. The topological polar surface area (TPSA) is 80.5 Å². The van der Waals surface area contributed by atoms with Gasteiger partial charge in [0.1, 0.15) is 0 Å². The van der Waals surface area contributed by atoms with E-state index in [4.69, 9.17) is 5.73 Å². The summed E-state index contributed by atoms with van der Waals surface area (Å²) in [7, 11) is -3.50. The molecule has 2 rings (SSSR count). The van der Waals surface area contributed by atoms with E-state index >= 15 is 0 Å². The van der Waals surface area contributed by atoms with Crippen molar-refractivity contribution in [2.45, 2.75) is 51.9 Å². The molecule has 0 atom stereocenters. The predicted octanol–water partition coefficient (Wildman–Crippen LogP) is 2.20. The highest BCUT2D eigenvalue weighted by molar-refractivity contribution is 7.89. The lowest BCUT2D eigenvalue weighted by Crippen LogP contribution is -2.39. The molecule has 23 heavy (non-hydrogen) atoms. The van der Waals surface area contributed by atoms with Crippen LogP contribution in [0.1, 0.15) is 41.5 Å². The van der Waals surface area contributed by atoms with Crippen molar-refractivity contribution in [3.05, 3.63) is 28.3 Å². The second kappa shape index (κ2) is 6.61. The fourth-order valence-corrected chi connectivity index (χ4v) is 5.38. The highest BCUT2D eigenvalue weighted by atomic mass is 32.2. The monoisotopic (exact) mass is 338 g/mol. The minimum Gasteiger partial charge on any atom is -0.370 e. The van der Waals surface area contributed by atoms with Crippen molar-refractivity contribution in [2.75, 3.05) is 13.1 Å². The van der Waals surface area contributed by atoms with Crippen molar-refractivity contribution >= 4 is 15.9 Å². The molecule has 1 fully saturated rings. The third-order valence-corrected chi connectivity index (χ3v) is 7.13. The van der Waals surface area contributed by atoms with Crippen molar-refractivity contribution in [1.29, 1.82) is 0 Å². The molecule has 1 aliphatic heterocycles. The van der Waals surface area contributed by atoms with Crippen LogP contribution >= 0.6 is 0 Å². The molecule has 0 aliphatic carbocycles. The molecule has 1 aromatic rings.